The van der Waals surface area contributed by atoms with Gasteiger partial charge in [-0.2, -0.15) is 4.39 Å². The lowest BCUT2D eigenvalue weighted by atomic mass is 10.2. The van der Waals surface area contributed by atoms with Crippen molar-refractivity contribution in [1.82, 2.24) is 4.98 Å². The number of hydrogen-bond donors (Lipinski definition) is 1. The summed E-state index contributed by atoms with van der Waals surface area (Å²) in [4.78, 5) is 13.7. The average molecular weight is 253 g/mol. The molecule has 1 aromatic carbocycles. The second kappa shape index (κ2) is 4.88. The number of nitrogens with one attached hydrogen (secondary N) is 1. The zero-order valence-corrected chi connectivity index (χ0v) is 9.41. The molecule has 0 fully saturated rings. The summed E-state index contributed by atoms with van der Waals surface area (Å²) in [5, 5.41) is 16.1. The van der Waals surface area contributed by atoms with Crippen molar-refractivity contribution in [3.05, 3.63) is 50.7 Å². The van der Waals surface area contributed by atoms with Gasteiger partial charge in [-0.3, -0.25) is 10.1 Å². The molecule has 0 amide bonds. The minimum Gasteiger partial charge on any atom is -0.378 e. The van der Waals surface area contributed by atoms with Crippen molar-refractivity contribution in [3.8, 4) is 0 Å². The standard InChI is InChI=1S/C10H8FN3O2S/c11-8-5-7(1-2-9(8)14(15)16)13-6-10-12-3-4-17-10/h1-5,13H,6H2. The van der Waals surface area contributed by atoms with Gasteiger partial charge in [0, 0.05) is 29.4 Å². The van der Waals surface area contributed by atoms with Crippen LogP contribution in [-0.2, 0) is 6.54 Å². The van der Waals surface area contributed by atoms with Crippen molar-refractivity contribution >= 4 is 22.7 Å². The summed E-state index contributed by atoms with van der Waals surface area (Å²) in [5.74, 6) is -0.848. The van der Waals surface area contributed by atoms with Crippen molar-refractivity contribution in [3.63, 3.8) is 0 Å². The van der Waals surface area contributed by atoms with Crippen LogP contribution in [0.1, 0.15) is 5.01 Å². The van der Waals surface area contributed by atoms with Crippen LogP contribution in [0.15, 0.2) is 29.8 Å². The first-order chi connectivity index (χ1) is 8.16. The van der Waals surface area contributed by atoms with E-state index in [2.05, 4.69) is 10.3 Å². The third-order valence-corrected chi connectivity index (χ3v) is 2.85. The van der Waals surface area contributed by atoms with E-state index in [1.54, 1.807) is 6.20 Å². The number of anilines is 1. The third-order valence-electron chi connectivity index (χ3n) is 2.07. The van der Waals surface area contributed by atoms with Gasteiger partial charge in [-0.25, -0.2) is 4.98 Å². The van der Waals surface area contributed by atoms with Gasteiger partial charge in [0.1, 0.15) is 5.01 Å². The summed E-state index contributed by atoms with van der Waals surface area (Å²) < 4.78 is 13.3. The largest absolute Gasteiger partial charge is 0.378 e. The van der Waals surface area contributed by atoms with Crippen molar-refractivity contribution in [1.29, 1.82) is 0 Å². The average Bonchev–Trinajstić information content (AvgIpc) is 2.78. The highest BCUT2D eigenvalue weighted by atomic mass is 32.1. The lowest BCUT2D eigenvalue weighted by Gasteiger charge is -2.04. The van der Waals surface area contributed by atoms with Crippen LogP contribution in [0.2, 0.25) is 0 Å². The zero-order chi connectivity index (χ0) is 12.3. The van der Waals surface area contributed by atoms with Crippen LogP contribution < -0.4 is 5.32 Å². The second-order valence-corrected chi connectivity index (χ2v) is 4.18. The molecule has 0 aliphatic heterocycles. The number of nitro groups is 1. The summed E-state index contributed by atoms with van der Waals surface area (Å²) in [6.07, 6.45) is 1.68. The minimum absolute atomic E-state index is 0.467. The highest BCUT2D eigenvalue weighted by molar-refractivity contribution is 7.09. The Morgan fingerprint density at radius 3 is 2.94 bits per heavy atom. The molecule has 0 saturated heterocycles. The molecule has 17 heavy (non-hydrogen) atoms. The molecule has 2 rings (SSSR count). The zero-order valence-electron chi connectivity index (χ0n) is 8.59. The Kier molecular flexibility index (Phi) is 3.29. The SMILES string of the molecule is O=[N+]([O-])c1ccc(NCc2nccs2)cc1F. The maximum atomic E-state index is 13.3. The van der Waals surface area contributed by atoms with Gasteiger partial charge in [-0.15, -0.1) is 11.3 Å². The summed E-state index contributed by atoms with van der Waals surface area (Å²) in [6, 6.07) is 3.71. The molecule has 0 aliphatic carbocycles. The number of rotatable bonds is 4. The minimum atomic E-state index is -0.848. The fraction of sp³-hybridized carbons (Fsp3) is 0.100. The highest BCUT2D eigenvalue weighted by Gasteiger charge is 2.13. The fourth-order valence-corrected chi connectivity index (χ4v) is 1.84. The number of thiazole rings is 1. The molecule has 0 atom stereocenters. The number of benzene rings is 1. The fourth-order valence-electron chi connectivity index (χ4n) is 1.28. The van der Waals surface area contributed by atoms with Crippen LogP contribution >= 0.6 is 11.3 Å². The molecule has 0 saturated carbocycles. The van der Waals surface area contributed by atoms with Gasteiger partial charge in [-0.1, -0.05) is 0 Å². The third kappa shape index (κ3) is 2.76. The Morgan fingerprint density at radius 2 is 2.35 bits per heavy atom. The van der Waals surface area contributed by atoms with E-state index in [0.717, 1.165) is 17.1 Å². The van der Waals surface area contributed by atoms with E-state index >= 15 is 0 Å². The van der Waals surface area contributed by atoms with E-state index in [4.69, 9.17) is 0 Å². The monoisotopic (exact) mass is 253 g/mol. The lowest BCUT2D eigenvalue weighted by molar-refractivity contribution is -0.387. The van der Waals surface area contributed by atoms with Gasteiger partial charge in [0.2, 0.25) is 5.82 Å². The normalized spacial score (nSPS) is 10.2. The van der Waals surface area contributed by atoms with Gasteiger partial charge in [0.15, 0.2) is 0 Å². The number of nitro benzene ring substituents is 1. The van der Waals surface area contributed by atoms with Crippen molar-refractivity contribution in [2.24, 2.45) is 0 Å². The van der Waals surface area contributed by atoms with E-state index in [9.17, 15) is 14.5 Å². The summed E-state index contributed by atoms with van der Waals surface area (Å²) in [6.45, 7) is 0.467. The molecule has 0 unspecified atom stereocenters. The number of hydrogen-bond acceptors (Lipinski definition) is 5. The van der Waals surface area contributed by atoms with Gasteiger partial charge < -0.3 is 5.32 Å². The molecule has 0 bridgehead atoms. The predicted octanol–water partition coefficient (Wildman–Crippen LogP) is 2.80. The van der Waals surface area contributed by atoms with E-state index in [1.807, 2.05) is 5.38 Å². The Morgan fingerprint density at radius 1 is 1.53 bits per heavy atom. The molecule has 2 aromatic rings. The maximum Gasteiger partial charge on any atom is 0.304 e. The molecule has 0 spiro atoms. The molecule has 88 valence electrons. The van der Waals surface area contributed by atoms with Crippen molar-refractivity contribution < 1.29 is 9.31 Å². The first-order valence-electron chi connectivity index (χ1n) is 4.73. The molecule has 1 heterocycles. The second-order valence-electron chi connectivity index (χ2n) is 3.20. The summed E-state index contributed by atoms with van der Waals surface area (Å²) in [5.41, 5.74) is -0.0342. The molecule has 5 nitrogen and oxygen atoms in total. The Balaban J connectivity index is 2.07. The molecular weight excluding hydrogens is 245 g/mol. The molecule has 0 aliphatic rings. The van der Waals surface area contributed by atoms with E-state index < -0.39 is 16.4 Å². The summed E-state index contributed by atoms with van der Waals surface area (Å²) >= 11 is 1.48. The predicted molar refractivity (Wildman–Crippen MR) is 62.5 cm³/mol. The number of nitrogens with zero attached hydrogens (tertiary/aromatic N) is 2. The Hall–Kier alpha value is -2.02. The van der Waals surface area contributed by atoms with E-state index in [-0.39, 0.29) is 0 Å². The van der Waals surface area contributed by atoms with Crippen LogP contribution in [0, 0.1) is 15.9 Å². The lowest BCUT2D eigenvalue weighted by Crippen LogP contribution is -2.00. The maximum absolute atomic E-state index is 13.3. The highest BCUT2D eigenvalue weighted by Crippen LogP contribution is 2.21. The Labute approximate surface area is 100 Å². The van der Waals surface area contributed by atoms with Crippen LogP contribution in [0.25, 0.3) is 0 Å². The van der Waals surface area contributed by atoms with Crippen LogP contribution in [0.5, 0.6) is 0 Å². The quantitative estimate of drug-likeness (QED) is 0.672. The van der Waals surface area contributed by atoms with Crippen molar-refractivity contribution in [2.45, 2.75) is 6.54 Å². The molecule has 1 N–H and O–H groups in total. The molecule has 0 radical (unpaired) electrons. The Bertz CT molecular complexity index is 530. The van der Waals surface area contributed by atoms with Gasteiger partial charge in [0.25, 0.3) is 0 Å². The molecule has 1 aromatic heterocycles. The van der Waals surface area contributed by atoms with Crippen molar-refractivity contribution in [2.75, 3.05) is 5.32 Å². The van der Waals surface area contributed by atoms with E-state index in [0.29, 0.717) is 12.2 Å². The first-order valence-corrected chi connectivity index (χ1v) is 5.61. The van der Waals surface area contributed by atoms with Crippen LogP contribution in [0.4, 0.5) is 15.8 Å². The van der Waals surface area contributed by atoms with Gasteiger partial charge in [0.05, 0.1) is 11.5 Å². The van der Waals surface area contributed by atoms with Gasteiger partial charge >= 0.3 is 5.69 Å². The topological polar surface area (TPSA) is 68.1 Å². The van der Waals surface area contributed by atoms with Gasteiger partial charge in [-0.05, 0) is 6.07 Å². The summed E-state index contributed by atoms with van der Waals surface area (Å²) in [7, 11) is 0. The smallest absolute Gasteiger partial charge is 0.304 e. The number of halogens is 1. The first kappa shape index (κ1) is 11.5. The van der Waals surface area contributed by atoms with Crippen LogP contribution in [-0.4, -0.2) is 9.91 Å². The molecular formula is C10H8FN3O2S. The number of aromatic nitrogens is 1. The molecule has 7 heteroatoms. The van der Waals surface area contributed by atoms with E-state index in [1.165, 1.54) is 17.4 Å². The van der Waals surface area contributed by atoms with Crippen LogP contribution in [0.3, 0.4) is 0 Å².